The van der Waals surface area contributed by atoms with Gasteiger partial charge in [0, 0.05) is 25.7 Å². The van der Waals surface area contributed by atoms with Crippen LogP contribution in [-0.2, 0) is 0 Å². The van der Waals surface area contributed by atoms with E-state index < -0.39 is 0 Å². The summed E-state index contributed by atoms with van der Waals surface area (Å²) in [5.74, 6) is 1.93. The van der Waals surface area contributed by atoms with E-state index in [1.54, 1.807) is 11.3 Å². The maximum Gasteiger partial charge on any atom is 0.264 e. The highest BCUT2D eigenvalue weighted by Crippen LogP contribution is 2.33. The Morgan fingerprint density at radius 3 is 2.90 bits per heavy atom. The summed E-state index contributed by atoms with van der Waals surface area (Å²) in [7, 11) is 0. The third-order valence-electron chi connectivity index (χ3n) is 6.01. The Kier molecular flexibility index (Phi) is 5.43. The molecule has 2 aliphatic heterocycles. The number of aromatic nitrogens is 3. The predicted octanol–water partition coefficient (Wildman–Crippen LogP) is 3.45. The molecule has 0 saturated carbocycles. The van der Waals surface area contributed by atoms with Gasteiger partial charge in [-0.25, -0.2) is 4.98 Å². The number of hydrogen-bond donors (Lipinski definition) is 3. The van der Waals surface area contributed by atoms with Crippen molar-refractivity contribution in [1.82, 2.24) is 20.3 Å². The van der Waals surface area contributed by atoms with Crippen LogP contribution < -0.4 is 21.1 Å². The number of thiazole rings is 1. The molecule has 158 valence electrons. The van der Waals surface area contributed by atoms with Crippen LogP contribution in [0.5, 0.6) is 0 Å². The SMILES string of the molecule is CC1CCCN(c2nc(NC3CCCNC3)c(-c3nc4ccccc4s3)c(=O)[nH]2)C1. The van der Waals surface area contributed by atoms with Crippen molar-refractivity contribution in [3.8, 4) is 10.6 Å². The Bertz CT molecular complexity index is 1050. The summed E-state index contributed by atoms with van der Waals surface area (Å²) in [6.45, 7) is 6.03. The molecule has 4 heterocycles. The largest absolute Gasteiger partial charge is 0.365 e. The van der Waals surface area contributed by atoms with Crippen molar-refractivity contribution in [2.45, 2.75) is 38.6 Å². The normalized spacial score (nSPS) is 22.4. The molecule has 2 fully saturated rings. The van der Waals surface area contributed by atoms with Crippen molar-refractivity contribution in [2.75, 3.05) is 36.4 Å². The van der Waals surface area contributed by atoms with E-state index in [-0.39, 0.29) is 11.6 Å². The zero-order chi connectivity index (χ0) is 20.5. The predicted molar refractivity (Wildman–Crippen MR) is 124 cm³/mol. The fourth-order valence-corrected chi connectivity index (χ4v) is 5.45. The molecule has 0 radical (unpaired) electrons. The highest BCUT2D eigenvalue weighted by Gasteiger charge is 2.24. The van der Waals surface area contributed by atoms with Crippen LogP contribution in [-0.4, -0.2) is 47.2 Å². The number of nitrogens with zero attached hydrogens (tertiary/aromatic N) is 3. The highest BCUT2D eigenvalue weighted by atomic mass is 32.1. The van der Waals surface area contributed by atoms with E-state index in [9.17, 15) is 4.79 Å². The maximum absolute atomic E-state index is 13.3. The van der Waals surface area contributed by atoms with Gasteiger partial charge in [0.25, 0.3) is 5.56 Å². The highest BCUT2D eigenvalue weighted by molar-refractivity contribution is 7.21. The number of fused-ring (bicyclic) bond motifs is 1. The summed E-state index contributed by atoms with van der Waals surface area (Å²) in [4.78, 5) is 28.2. The number of piperidine rings is 2. The van der Waals surface area contributed by atoms with Crippen LogP contribution in [0.25, 0.3) is 20.8 Å². The number of hydrogen-bond acceptors (Lipinski definition) is 7. The Hall–Kier alpha value is -2.45. The molecule has 0 spiro atoms. The van der Waals surface area contributed by atoms with Gasteiger partial charge >= 0.3 is 0 Å². The van der Waals surface area contributed by atoms with E-state index in [4.69, 9.17) is 9.97 Å². The van der Waals surface area contributed by atoms with E-state index in [0.717, 1.165) is 60.7 Å². The van der Waals surface area contributed by atoms with Gasteiger partial charge in [-0.05, 0) is 50.3 Å². The lowest BCUT2D eigenvalue weighted by atomic mass is 10.0. The molecule has 3 aromatic rings. The zero-order valence-electron chi connectivity index (χ0n) is 17.3. The quantitative estimate of drug-likeness (QED) is 0.595. The number of aromatic amines is 1. The summed E-state index contributed by atoms with van der Waals surface area (Å²) < 4.78 is 1.08. The smallest absolute Gasteiger partial charge is 0.264 e. The lowest BCUT2D eigenvalue weighted by molar-refractivity contribution is 0.441. The Labute approximate surface area is 179 Å². The lowest BCUT2D eigenvalue weighted by Crippen LogP contribution is -2.40. The van der Waals surface area contributed by atoms with Crippen LogP contribution in [0.2, 0.25) is 0 Å². The minimum Gasteiger partial charge on any atom is -0.365 e. The molecule has 7 nitrogen and oxygen atoms in total. The van der Waals surface area contributed by atoms with E-state index in [0.29, 0.717) is 23.2 Å². The first-order valence-corrected chi connectivity index (χ1v) is 11.7. The van der Waals surface area contributed by atoms with Gasteiger partial charge in [-0.2, -0.15) is 4.98 Å². The van der Waals surface area contributed by atoms with E-state index in [2.05, 4.69) is 27.4 Å². The molecule has 0 aliphatic carbocycles. The van der Waals surface area contributed by atoms with Crippen LogP contribution >= 0.6 is 11.3 Å². The molecule has 2 saturated heterocycles. The second-order valence-corrected chi connectivity index (χ2v) is 9.51. The molecule has 0 bridgehead atoms. The molecular weight excluding hydrogens is 396 g/mol. The van der Waals surface area contributed by atoms with Crippen LogP contribution in [0.3, 0.4) is 0 Å². The maximum atomic E-state index is 13.3. The third-order valence-corrected chi connectivity index (χ3v) is 7.06. The molecule has 30 heavy (non-hydrogen) atoms. The van der Waals surface area contributed by atoms with Crippen LogP contribution in [0, 0.1) is 5.92 Å². The Balaban J connectivity index is 1.57. The molecule has 2 atom stereocenters. The monoisotopic (exact) mass is 424 g/mol. The minimum atomic E-state index is -0.122. The van der Waals surface area contributed by atoms with Crippen molar-refractivity contribution in [3.63, 3.8) is 0 Å². The van der Waals surface area contributed by atoms with Crippen LogP contribution in [0.15, 0.2) is 29.1 Å². The second kappa shape index (κ2) is 8.35. The first-order valence-electron chi connectivity index (χ1n) is 10.9. The minimum absolute atomic E-state index is 0.122. The van der Waals surface area contributed by atoms with Crippen molar-refractivity contribution < 1.29 is 0 Å². The van der Waals surface area contributed by atoms with E-state index >= 15 is 0 Å². The van der Waals surface area contributed by atoms with E-state index in [1.807, 2.05) is 24.3 Å². The van der Waals surface area contributed by atoms with Crippen LogP contribution in [0.4, 0.5) is 11.8 Å². The van der Waals surface area contributed by atoms with Gasteiger partial charge in [0.05, 0.1) is 10.2 Å². The first-order chi connectivity index (χ1) is 14.7. The molecule has 0 amide bonds. The topological polar surface area (TPSA) is 85.9 Å². The van der Waals surface area contributed by atoms with Gasteiger partial charge in [0.2, 0.25) is 5.95 Å². The van der Waals surface area contributed by atoms with Gasteiger partial charge < -0.3 is 15.5 Å². The van der Waals surface area contributed by atoms with Crippen molar-refractivity contribution in [3.05, 3.63) is 34.6 Å². The summed E-state index contributed by atoms with van der Waals surface area (Å²) >= 11 is 1.54. The van der Waals surface area contributed by atoms with Crippen molar-refractivity contribution >= 4 is 33.3 Å². The molecule has 2 unspecified atom stereocenters. The van der Waals surface area contributed by atoms with Crippen molar-refractivity contribution in [2.24, 2.45) is 5.92 Å². The Morgan fingerprint density at radius 1 is 1.20 bits per heavy atom. The molecule has 8 heteroatoms. The number of nitrogens with one attached hydrogen (secondary N) is 3. The number of benzene rings is 1. The molecule has 2 aromatic heterocycles. The molecule has 3 N–H and O–H groups in total. The first kappa shape index (κ1) is 19.5. The lowest BCUT2D eigenvalue weighted by Gasteiger charge is -2.32. The number of para-hydroxylation sites is 1. The fourth-order valence-electron chi connectivity index (χ4n) is 4.44. The third kappa shape index (κ3) is 3.94. The Morgan fingerprint density at radius 2 is 2.10 bits per heavy atom. The summed E-state index contributed by atoms with van der Waals surface area (Å²) in [5, 5.41) is 7.72. The molecule has 2 aliphatic rings. The van der Waals surface area contributed by atoms with Gasteiger partial charge in [0.1, 0.15) is 16.4 Å². The summed E-state index contributed by atoms with van der Waals surface area (Å²) in [6.07, 6.45) is 4.54. The van der Waals surface area contributed by atoms with Crippen molar-refractivity contribution in [1.29, 1.82) is 0 Å². The summed E-state index contributed by atoms with van der Waals surface area (Å²) in [6, 6.07) is 8.26. The van der Waals surface area contributed by atoms with Crippen LogP contribution in [0.1, 0.15) is 32.6 Å². The number of rotatable bonds is 4. The fraction of sp³-hybridized carbons (Fsp3) is 0.500. The second-order valence-electron chi connectivity index (χ2n) is 8.48. The molecular formula is C22H28N6OS. The van der Waals surface area contributed by atoms with Gasteiger partial charge in [-0.1, -0.05) is 19.1 Å². The zero-order valence-corrected chi connectivity index (χ0v) is 18.1. The molecule has 5 rings (SSSR count). The van der Waals surface area contributed by atoms with Gasteiger partial charge in [-0.3, -0.25) is 9.78 Å². The molecule has 1 aromatic carbocycles. The average molecular weight is 425 g/mol. The average Bonchev–Trinajstić information content (AvgIpc) is 3.18. The summed E-state index contributed by atoms with van der Waals surface area (Å²) in [5.41, 5.74) is 1.34. The van der Waals surface area contributed by atoms with E-state index in [1.165, 1.54) is 6.42 Å². The van der Waals surface area contributed by atoms with Gasteiger partial charge in [-0.15, -0.1) is 11.3 Å². The van der Waals surface area contributed by atoms with Gasteiger partial charge in [0.15, 0.2) is 0 Å². The standard InChI is InChI=1S/C22H28N6OS/c1-14-6-5-11-28(13-14)22-26-19(24-15-7-4-10-23-12-15)18(20(29)27-22)21-25-16-8-2-3-9-17(16)30-21/h2-3,8-9,14-15,23H,4-7,10-13H2,1H3,(H2,24,26,27,29). The number of anilines is 2. The number of H-pyrrole nitrogens is 1.